The summed E-state index contributed by atoms with van der Waals surface area (Å²) in [6.45, 7) is 0.165. The quantitative estimate of drug-likeness (QED) is 0.688. The molecule has 4 N–H and O–H groups in total. The van der Waals surface area contributed by atoms with Crippen molar-refractivity contribution in [1.82, 2.24) is 0 Å². The van der Waals surface area contributed by atoms with Gasteiger partial charge in [-0.2, -0.15) is 0 Å². The van der Waals surface area contributed by atoms with E-state index in [1.807, 2.05) is 0 Å². The lowest BCUT2D eigenvalue weighted by Crippen LogP contribution is -2.07. The molecule has 0 bridgehead atoms. The summed E-state index contributed by atoms with van der Waals surface area (Å²) >= 11 is 0. The summed E-state index contributed by atoms with van der Waals surface area (Å²) < 4.78 is 25.5. The van der Waals surface area contributed by atoms with Crippen molar-refractivity contribution in [3.8, 4) is 5.75 Å². The summed E-state index contributed by atoms with van der Waals surface area (Å²) in [5.74, 6) is -2.66. The molecule has 3 nitrogen and oxygen atoms in total. The molecule has 5 heteroatoms. The smallest absolute Gasteiger partial charge is 0.168 e. The van der Waals surface area contributed by atoms with Crippen LogP contribution in [0.5, 0.6) is 5.75 Å². The second kappa shape index (κ2) is 4.34. The van der Waals surface area contributed by atoms with Gasteiger partial charge in [0, 0.05) is 11.6 Å². The minimum atomic E-state index is -1.15. The zero-order chi connectivity index (χ0) is 10.7. The maximum atomic E-state index is 12.8. The highest BCUT2D eigenvalue weighted by molar-refractivity contribution is 5.35. The Bertz CT molecular complexity index is 331. The summed E-state index contributed by atoms with van der Waals surface area (Å²) in [5.41, 5.74) is 4.99. The van der Waals surface area contributed by atoms with Gasteiger partial charge in [0.1, 0.15) is 5.82 Å². The number of aromatic hydroxyl groups is 1. The topological polar surface area (TPSA) is 66.5 Å². The fourth-order valence-electron chi connectivity index (χ4n) is 1.15. The molecular weight excluding hydrogens is 192 g/mol. The third kappa shape index (κ3) is 2.18. The number of nitrogens with two attached hydrogens (primary N) is 1. The highest BCUT2D eigenvalue weighted by Gasteiger charge is 2.16. The molecular formula is C9H11F2NO2. The first kappa shape index (κ1) is 10.9. The highest BCUT2D eigenvalue weighted by atomic mass is 19.1. The molecule has 14 heavy (non-hydrogen) atoms. The Morgan fingerprint density at radius 3 is 2.57 bits per heavy atom. The second-order valence-corrected chi connectivity index (χ2v) is 2.92. The number of aliphatic hydroxyl groups is 1. The Morgan fingerprint density at radius 2 is 2.00 bits per heavy atom. The van der Waals surface area contributed by atoms with Gasteiger partial charge in [-0.1, -0.05) is 0 Å². The monoisotopic (exact) mass is 203 g/mol. The molecule has 0 fully saturated rings. The van der Waals surface area contributed by atoms with Crippen LogP contribution in [-0.4, -0.2) is 16.8 Å². The summed E-state index contributed by atoms with van der Waals surface area (Å²) in [5, 5.41) is 18.6. The predicted octanol–water partition coefficient (Wildman–Crippen LogP) is 1.05. The van der Waals surface area contributed by atoms with E-state index in [0.717, 1.165) is 6.07 Å². The van der Waals surface area contributed by atoms with Gasteiger partial charge in [0.15, 0.2) is 11.6 Å². The van der Waals surface area contributed by atoms with E-state index in [1.165, 1.54) is 0 Å². The van der Waals surface area contributed by atoms with E-state index in [0.29, 0.717) is 6.07 Å². The molecule has 1 rings (SSSR count). The number of phenolic OH excluding ortho intramolecular Hbond substituents is 1. The zero-order valence-corrected chi connectivity index (χ0v) is 7.37. The second-order valence-electron chi connectivity index (χ2n) is 2.92. The lowest BCUT2D eigenvalue weighted by atomic mass is 10.1. The van der Waals surface area contributed by atoms with Crippen molar-refractivity contribution in [1.29, 1.82) is 0 Å². The van der Waals surface area contributed by atoms with Gasteiger partial charge in [-0.05, 0) is 19.0 Å². The lowest BCUT2D eigenvalue weighted by Gasteiger charge is -2.11. The van der Waals surface area contributed by atoms with E-state index >= 15 is 0 Å². The van der Waals surface area contributed by atoms with Crippen LogP contribution < -0.4 is 5.73 Å². The Hall–Kier alpha value is -1.20. The van der Waals surface area contributed by atoms with Crippen LogP contribution in [-0.2, 0) is 0 Å². The molecule has 0 spiro atoms. The molecule has 0 aromatic heterocycles. The normalized spacial score (nSPS) is 12.9. The summed E-state index contributed by atoms with van der Waals surface area (Å²) in [4.78, 5) is 0. The lowest BCUT2D eigenvalue weighted by molar-refractivity contribution is 0.165. The van der Waals surface area contributed by atoms with E-state index in [1.54, 1.807) is 0 Å². The van der Waals surface area contributed by atoms with Gasteiger partial charge >= 0.3 is 0 Å². The van der Waals surface area contributed by atoms with Crippen molar-refractivity contribution in [2.75, 3.05) is 6.54 Å². The van der Waals surface area contributed by atoms with Crippen LogP contribution in [0.25, 0.3) is 0 Å². The van der Waals surface area contributed by atoms with Crippen molar-refractivity contribution in [3.05, 3.63) is 29.3 Å². The fraction of sp³-hybridized carbons (Fsp3) is 0.333. The van der Waals surface area contributed by atoms with Gasteiger partial charge in [-0.25, -0.2) is 8.78 Å². The molecule has 0 heterocycles. The van der Waals surface area contributed by atoms with Gasteiger partial charge in [0.25, 0.3) is 0 Å². The molecule has 0 amide bonds. The molecule has 1 aromatic carbocycles. The Balaban J connectivity index is 3.07. The summed E-state index contributed by atoms with van der Waals surface area (Å²) in [6, 6.07) is 1.44. The standard InChI is InChI=1S/C9H11F2NO2/c10-5-3-6(8(13)1-2-12)9(14)7(11)4-5/h3-4,8,13-14H,1-2,12H2/t8-/m1/s1. The van der Waals surface area contributed by atoms with Crippen LogP contribution in [0, 0.1) is 11.6 Å². The number of benzene rings is 1. The van der Waals surface area contributed by atoms with E-state index < -0.39 is 23.5 Å². The summed E-state index contributed by atoms with van der Waals surface area (Å²) in [6.07, 6.45) is -1.01. The van der Waals surface area contributed by atoms with E-state index in [9.17, 15) is 19.0 Å². The Morgan fingerprint density at radius 1 is 1.36 bits per heavy atom. The van der Waals surface area contributed by atoms with E-state index in [-0.39, 0.29) is 18.5 Å². The minimum Gasteiger partial charge on any atom is -0.505 e. The first-order chi connectivity index (χ1) is 6.56. The average molecular weight is 203 g/mol. The van der Waals surface area contributed by atoms with Crippen LogP contribution in [0.2, 0.25) is 0 Å². The zero-order valence-electron chi connectivity index (χ0n) is 7.37. The molecule has 0 saturated carbocycles. The molecule has 0 aliphatic heterocycles. The first-order valence-corrected chi connectivity index (χ1v) is 4.12. The highest BCUT2D eigenvalue weighted by Crippen LogP contribution is 2.29. The fourth-order valence-corrected chi connectivity index (χ4v) is 1.15. The van der Waals surface area contributed by atoms with Crippen molar-refractivity contribution in [2.24, 2.45) is 5.73 Å². The molecule has 0 saturated heterocycles. The molecule has 0 aliphatic rings. The number of aliphatic hydroxyl groups excluding tert-OH is 1. The molecule has 0 radical (unpaired) electrons. The number of halogens is 2. The summed E-state index contributed by atoms with van der Waals surface area (Å²) in [7, 11) is 0. The molecule has 0 unspecified atom stereocenters. The predicted molar refractivity (Wildman–Crippen MR) is 46.7 cm³/mol. The largest absolute Gasteiger partial charge is 0.505 e. The van der Waals surface area contributed by atoms with Gasteiger partial charge in [-0.15, -0.1) is 0 Å². The van der Waals surface area contributed by atoms with Crippen molar-refractivity contribution in [3.63, 3.8) is 0 Å². The van der Waals surface area contributed by atoms with E-state index in [2.05, 4.69) is 0 Å². The van der Waals surface area contributed by atoms with Crippen molar-refractivity contribution >= 4 is 0 Å². The number of hydrogen-bond donors (Lipinski definition) is 3. The molecule has 1 aromatic rings. The van der Waals surface area contributed by atoms with Gasteiger partial charge < -0.3 is 15.9 Å². The maximum absolute atomic E-state index is 12.8. The number of hydrogen-bond acceptors (Lipinski definition) is 3. The van der Waals surface area contributed by atoms with Gasteiger partial charge in [0.2, 0.25) is 0 Å². The molecule has 1 atom stereocenters. The Labute approximate surface area is 79.8 Å². The molecule has 0 aliphatic carbocycles. The van der Waals surface area contributed by atoms with Crippen LogP contribution in [0.3, 0.4) is 0 Å². The third-order valence-electron chi connectivity index (χ3n) is 1.86. The SMILES string of the molecule is NCC[C@@H](O)c1cc(F)cc(F)c1O. The third-order valence-corrected chi connectivity index (χ3v) is 1.86. The van der Waals surface area contributed by atoms with Crippen molar-refractivity contribution < 1.29 is 19.0 Å². The van der Waals surface area contributed by atoms with Crippen LogP contribution >= 0.6 is 0 Å². The number of phenols is 1. The van der Waals surface area contributed by atoms with E-state index in [4.69, 9.17) is 5.73 Å². The molecule has 78 valence electrons. The van der Waals surface area contributed by atoms with Gasteiger partial charge in [-0.3, -0.25) is 0 Å². The van der Waals surface area contributed by atoms with Crippen molar-refractivity contribution in [2.45, 2.75) is 12.5 Å². The number of rotatable bonds is 3. The van der Waals surface area contributed by atoms with Crippen LogP contribution in [0.15, 0.2) is 12.1 Å². The maximum Gasteiger partial charge on any atom is 0.168 e. The Kier molecular flexibility index (Phi) is 3.38. The average Bonchev–Trinajstić information content (AvgIpc) is 2.11. The van der Waals surface area contributed by atoms with Crippen LogP contribution in [0.4, 0.5) is 8.78 Å². The first-order valence-electron chi connectivity index (χ1n) is 4.12. The minimum absolute atomic E-state index is 0.135. The van der Waals surface area contributed by atoms with Crippen LogP contribution in [0.1, 0.15) is 18.1 Å². The van der Waals surface area contributed by atoms with Gasteiger partial charge in [0.05, 0.1) is 6.10 Å².